The summed E-state index contributed by atoms with van der Waals surface area (Å²) in [7, 11) is 0. The van der Waals surface area contributed by atoms with Gasteiger partial charge >= 0.3 is 0 Å². The first-order chi connectivity index (χ1) is 11.3. The maximum absolute atomic E-state index is 12.0. The Morgan fingerprint density at radius 2 is 2.04 bits per heavy atom. The Labute approximate surface area is 136 Å². The Kier molecular flexibility index (Phi) is 7.11. The highest BCUT2D eigenvalue weighted by atomic mass is 16.5. The van der Waals surface area contributed by atoms with Crippen LogP contribution in [0.2, 0.25) is 0 Å². The summed E-state index contributed by atoms with van der Waals surface area (Å²) in [4.78, 5) is 14.2. The van der Waals surface area contributed by atoms with E-state index in [2.05, 4.69) is 15.5 Å². The Hall–Kier alpha value is -2.36. The van der Waals surface area contributed by atoms with Crippen molar-refractivity contribution in [1.29, 1.82) is 5.26 Å². The van der Waals surface area contributed by atoms with Crippen LogP contribution in [0.3, 0.4) is 0 Å². The van der Waals surface area contributed by atoms with Crippen molar-refractivity contribution in [1.82, 2.24) is 15.5 Å². The highest BCUT2D eigenvalue weighted by molar-refractivity contribution is 5.97. The van der Waals surface area contributed by atoms with Crippen molar-refractivity contribution in [3.63, 3.8) is 0 Å². The molecule has 1 aliphatic heterocycles. The van der Waals surface area contributed by atoms with Crippen LogP contribution in [-0.4, -0.2) is 50.2 Å². The van der Waals surface area contributed by atoms with Crippen molar-refractivity contribution in [2.75, 3.05) is 39.4 Å². The van der Waals surface area contributed by atoms with Gasteiger partial charge < -0.3 is 15.4 Å². The van der Waals surface area contributed by atoms with Crippen LogP contribution < -0.4 is 10.6 Å². The fraction of sp³-hybridized carbons (Fsp3) is 0.412. The molecule has 1 amide bonds. The average Bonchev–Trinajstić information content (AvgIpc) is 2.60. The zero-order chi connectivity index (χ0) is 16.3. The lowest BCUT2D eigenvalue weighted by Gasteiger charge is -2.26. The molecule has 1 heterocycles. The number of nitriles is 1. The Balaban J connectivity index is 1.72. The van der Waals surface area contributed by atoms with Crippen molar-refractivity contribution < 1.29 is 9.53 Å². The Morgan fingerprint density at radius 3 is 2.74 bits per heavy atom. The van der Waals surface area contributed by atoms with Gasteiger partial charge in [-0.05, 0) is 5.56 Å². The first-order valence-electron chi connectivity index (χ1n) is 7.75. The molecule has 1 fully saturated rings. The maximum Gasteiger partial charge on any atom is 0.263 e. The molecule has 122 valence electrons. The van der Waals surface area contributed by atoms with Crippen LogP contribution in [0.15, 0.2) is 42.1 Å². The fourth-order valence-electron chi connectivity index (χ4n) is 2.26. The predicted octanol–water partition coefficient (Wildman–Crippen LogP) is 0.632. The summed E-state index contributed by atoms with van der Waals surface area (Å²) in [5, 5.41) is 14.9. The molecule has 6 nitrogen and oxygen atoms in total. The molecule has 1 saturated heterocycles. The second-order valence-electron chi connectivity index (χ2n) is 5.25. The molecule has 0 aliphatic carbocycles. The molecule has 1 aromatic carbocycles. The summed E-state index contributed by atoms with van der Waals surface area (Å²) in [6, 6.07) is 11.7. The fourth-order valence-corrected chi connectivity index (χ4v) is 2.26. The molecule has 1 aliphatic rings. The van der Waals surface area contributed by atoms with Crippen LogP contribution in [0.1, 0.15) is 5.56 Å². The summed E-state index contributed by atoms with van der Waals surface area (Å²) in [5.74, 6) is -0.346. The number of benzene rings is 1. The number of nitrogens with zero attached hydrogens (tertiary/aromatic N) is 2. The predicted molar refractivity (Wildman–Crippen MR) is 87.2 cm³/mol. The number of amides is 1. The second-order valence-corrected chi connectivity index (χ2v) is 5.25. The number of nitrogens with one attached hydrogen (secondary N) is 2. The van der Waals surface area contributed by atoms with E-state index in [9.17, 15) is 4.79 Å². The van der Waals surface area contributed by atoms with E-state index in [1.165, 1.54) is 6.20 Å². The van der Waals surface area contributed by atoms with Gasteiger partial charge in [-0.2, -0.15) is 5.26 Å². The van der Waals surface area contributed by atoms with E-state index in [0.717, 1.165) is 38.4 Å². The monoisotopic (exact) mass is 314 g/mol. The standard InChI is InChI=1S/C17H22N4O2/c18-12-16(14-19-13-15-4-2-1-3-5-15)17(22)20-6-7-21-8-10-23-11-9-21/h1-5,14,19H,6-11,13H2,(H,20,22)/b16-14-. The number of rotatable bonds is 7. The molecule has 6 heteroatoms. The highest BCUT2D eigenvalue weighted by Gasteiger charge is 2.12. The third kappa shape index (κ3) is 6.10. The van der Waals surface area contributed by atoms with E-state index in [4.69, 9.17) is 10.00 Å². The summed E-state index contributed by atoms with van der Waals surface area (Å²) >= 11 is 0. The minimum atomic E-state index is -0.346. The van der Waals surface area contributed by atoms with Crippen LogP contribution in [-0.2, 0) is 16.1 Å². The van der Waals surface area contributed by atoms with Crippen LogP contribution >= 0.6 is 0 Å². The van der Waals surface area contributed by atoms with Crippen molar-refractivity contribution in [3.05, 3.63) is 47.7 Å². The number of morpholine rings is 1. The Morgan fingerprint density at radius 1 is 1.30 bits per heavy atom. The van der Waals surface area contributed by atoms with Crippen molar-refractivity contribution in [3.8, 4) is 6.07 Å². The molecule has 1 aromatic rings. The van der Waals surface area contributed by atoms with Crippen LogP contribution in [0.25, 0.3) is 0 Å². The molecular formula is C17H22N4O2. The van der Waals surface area contributed by atoms with Crippen molar-refractivity contribution in [2.45, 2.75) is 6.54 Å². The minimum absolute atomic E-state index is 0.0860. The van der Waals surface area contributed by atoms with E-state index in [0.29, 0.717) is 13.1 Å². The normalized spacial score (nSPS) is 15.7. The molecule has 0 bridgehead atoms. The minimum Gasteiger partial charge on any atom is -0.386 e. The number of carbonyl (C=O) groups excluding carboxylic acids is 1. The van der Waals surface area contributed by atoms with Crippen LogP contribution in [0.5, 0.6) is 0 Å². The van der Waals surface area contributed by atoms with Gasteiger partial charge in [0.15, 0.2) is 0 Å². The molecule has 2 N–H and O–H groups in total. The van der Waals surface area contributed by atoms with Gasteiger partial charge in [0.05, 0.1) is 13.2 Å². The van der Waals surface area contributed by atoms with E-state index in [1.807, 2.05) is 36.4 Å². The second kappa shape index (κ2) is 9.62. The van der Waals surface area contributed by atoms with Gasteiger partial charge in [-0.15, -0.1) is 0 Å². The topological polar surface area (TPSA) is 77.4 Å². The molecule has 0 spiro atoms. The van der Waals surface area contributed by atoms with Gasteiger partial charge in [0.25, 0.3) is 5.91 Å². The lowest BCUT2D eigenvalue weighted by atomic mass is 10.2. The molecule has 0 radical (unpaired) electrons. The van der Waals surface area contributed by atoms with E-state index in [-0.39, 0.29) is 11.5 Å². The molecule has 0 unspecified atom stereocenters. The summed E-state index contributed by atoms with van der Waals surface area (Å²) in [6.45, 7) is 5.11. The lowest BCUT2D eigenvalue weighted by molar-refractivity contribution is -0.117. The first kappa shape index (κ1) is 17.0. The van der Waals surface area contributed by atoms with Crippen LogP contribution in [0.4, 0.5) is 0 Å². The summed E-state index contributed by atoms with van der Waals surface area (Å²) in [6.07, 6.45) is 1.47. The smallest absolute Gasteiger partial charge is 0.263 e. The molecule has 2 rings (SSSR count). The van der Waals surface area contributed by atoms with Gasteiger partial charge in [0, 0.05) is 38.9 Å². The van der Waals surface area contributed by atoms with E-state index >= 15 is 0 Å². The molecule has 0 saturated carbocycles. The number of carbonyl (C=O) groups is 1. The lowest BCUT2D eigenvalue weighted by Crippen LogP contribution is -2.41. The number of hydrogen-bond acceptors (Lipinski definition) is 5. The van der Waals surface area contributed by atoms with Gasteiger partial charge in [-0.3, -0.25) is 9.69 Å². The third-order valence-electron chi connectivity index (χ3n) is 3.58. The SMILES string of the molecule is N#C/C(=C/NCc1ccccc1)C(=O)NCCN1CCOCC1. The van der Waals surface area contributed by atoms with Gasteiger partial charge in [0.2, 0.25) is 0 Å². The average molecular weight is 314 g/mol. The molecule has 0 atom stereocenters. The molecule has 23 heavy (non-hydrogen) atoms. The zero-order valence-electron chi connectivity index (χ0n) is 13.1. The summed E-state index contributed by atoms with van der Waals surface area (Å²) in [5.41, 5.74) is 1.18. The van der Waals surface area contributed by atoms with Crippen LogP contribution in [0, 0.1) is 11.3 Å². The van der Waals surface area contributed by atoms with Gasteiger partial charge in [-0.1, -0.05) is 30.3 Å². The zero-order valence-corrected chi connectivity index (χ0v) is 13.1. The van der Waals surface area contributed by atoms with E-state index < -0.39 is 0 Å². The number of ether oxygens (including phenoxy) is 1. The van der Waals surface area contributed by atoms with E-state index in [1.54, 1.807) is 0 Å². The first-order valence-corrected chi connectivity index (χ1v) is 7.75. The summed E-state index contributed by atoms with van der Waals surface area (Å²) < 4.78 is 5.27. The van der Waals surface area contributed by atoms with Gasteiger partial charge in [0.1, 0.15) is 11.6 Å². The van der Waals surface area contributed by atoms with Gasteiger partial charge in [-0.25, -0.2) is 0 Å². The third-order valence-corrected chi connectivity index (χ3v) is 3.58. The molecule has 0 aromatic heterocycles. The quantitative estimate of drug-likeness (QED) is 0.570. The maximum atomic E-state index is 12.0. The Bertz CT molecular complexity index is 560. The van der Waals surface area contributed by atoms with Crippen molar-refractivity contribution in [2.24, 2.45) is 0 Å². The largest absolute Gasteiger partial charge is 0.386 e. The highest BCUT2D eigenvalue weighted by Crippen LogP contribution is 1.99. The van der Waals surface area contributed by atoms with Crippen molar-refractivity contribution >= 4 is 5.91 Å². The molecular weight excluding hydrogens is 292 g/mol. The number of hydrogen-bond donors (Lipinski definition) is 2.